The summed E-state index contributed by atoms with van der Waals surface area (Å²) in [6.45, 7) is 6.50. The number of hydrogen-bond acceptors (Lipinski definition) is 1. The molecular weight excluding hydrogens is 146 g/mol. The first kappa shape index (κ1) is 12.0. The van der Waals surface area contributed by atoms with Crippen LogP contribution in [-0.2, 0) is 0 Å². The van der Waals surface area contributed by atoms with Gasteiger partial charge in [0.05, 0.1) is 0 Å². The predicted octanol–water partition coefficient (Wildman–Crippen LogP) is 3.20. The van der Waals surface area contributed by atoms with Crippen molar-refractivity contribution in [1.82, 2.24) is 5.32 Å². The van der Waals surface area contributed by atoms with Crippen LogP contribution in [0.1, 0.15) is 52.9 Å². The molecule has 0 radical (unpaired) electrons. The Morgan fingerprint density at radius 3 is 1.67 bits per heavy atom. The van der Waals surface area contributed by atoms with E-state index in [0.717, 1.165) is 12.0 Å². The lowest BCUT2D eigenvalue weighted by Gasteiger charge is -2.20. The van der Waals surface area contributed by atoms with Gasteiger partial charge in [0.1, 0.15) is 0 Å². The van der Waals surface area contributed by atoms with Crippen LogP contribution in [0.5, 0.6) is 0 Å². The van der Waals surface area contributed by atoms with Gasteiger partial charge in [0.15, 0.2) is 0 Å². The van der Waals surface area contributed by atoms with Crippen LogP contribution < -0.4 is 5.32 Å². The third kappa shape index (κ3) is 8.06. The molecule has 1 heteroatoms. The first-order valence-electron chi connectivity index (χ1n) is 5.34. The van der Waals surface area contributed by atoms with Crippen LogP contribution in [0, 0.1) is 5.92 Å². The van der Waals surface area contributed by atoms with E-state index in [1.807, 2.05) is 0 Å². The van der Waals surface area contributed by atoms with Gasteiger partial charge in [-0.1, -0.05) is 40.0 Å². The molecule has 1 fully saturated rings. The molecule has 1 saturated carbocycles. The summed E-state index contributed by atoms with van der Waals surface area (Å²) in [4.78, 5) is 0. The lowest BCUT2D eigenvalue weighted by molar-refractivity contribution is 0.394. The van der Waals surface area contributed by atoms with Gasteiger partial charge >= 0.3 is 0 Å². The molecule has 1 nitrogen and oxygen atoms in total. The van der Waals surface area contributed by atoms with Crippen LogP contribution in [0.15, 0.2) is 0 Å². The van der Waals surface area contributed by atoms with Crippen molar-refractivity contribution in [3.63, 3.8) is 0 Å². The molecule has 74 valence electrons. The summed E-state index contributed by atoms with van der Waals surface area (Å²) in [7, 11) is 2.07. The standard InChI is InChI=1S/C7H15N.C4H10/c1-8-7-5-3-2-4-6-7;1-4(2)3/h7-8H,2-6H2,1H3;4H,1-3H3. The summed E-state index contributed by atoms with van der Waals surface area (Å²) < 4.78 is 0. The van der Waals surface area contributed by atoms with Gasteiger partial charge in [-0.15, -0.1) is 0 Å². The fourth-order valence-corrected chi connectivity index (χ4v) is 1.39. The zero-order valence-corrected chi connectivity index (χ0v) is 9.19. The second-order valence-corrected chi connectivity index (χ2v) is 4.36. The van der Waals surface area contributed by atoms with Crippen LogP contribution in [0.2, 0.25) is 0 Å². The Labute approximate surface area is 77.9 Å². The van der Waals surface area contributed by atoms with Crippen molar-refractivity contribution in [2.45, 2.75) is 58.9 Å². The highest BCUT2D eigenvalue weighted by Crippen LogP contribution is 2.16. The molecule has 0 amide bonds. The topological polar surface area (TPSA) is 12.0 Å². The minimum atomic E-state index is 0.833. The smallest absolute Gasteiger partial charge is 0.00640 e. The van der Waals surface area contributed by atoms with E-state index in [1.165, 1.54) is 32.1 Å². The lowest BCUT2D eigenvalue weighted by atomic mass is 9.96. The Kier molecular flexibility index (Phi) is 7.58. The number of hydrogen-bond donors (Lipinski definition) is 1. The maximum absolute atomic E-state index is 3.30. The van der Waals surface area contributed by atoms with E-state index in [4.69, 9.17) is 0 Å². The van der Waals surface area contributed by atoms with Crippen molar-refractivity contribution >= 4 is 0 Å². The summed E-state index contributed by atoms with van der Waals surface area (Å²) >= 11 is 0. The Hall–Kier alpha value is -0.0400. The quantitative estimate of drug-likeness (QED) is 0.639. The first-order valence-corrected chi connectivity index (χ1v) is 5.34. The van der Waals surface area contributed by atoms with E-state index in [9.17, 15) is 0 Å². The zero-order chi connectivity index (χ0) is 9.40. The van der Waals surface area contributed by atoms with E-state index in [0.29, 0.717) is 0 Å². The van der Waals surface area contributed by atoms with Crippen LogP contribution >= 0.6 is 0 Å². The summed E-state index contributed by atoms with van der Waals surface area (Å²) in [6.07, 6.45) is 7.13. The minimum Gasteiger partial charge on any atom is -0.317 e. The fourth-order valence-electron chi connectivity index (χ4n) is 1.39. The molecule has 1 aliphatic rings. The van der Waals surface area contributed by atoms with Crippen LogP contribution in [0.4, 0.5) is 0 Å². The fraction of sp³-hybridized carbons (Fsp3) is 1.00. The van der Waals surface area contributed by atoms with Crippen molar-refractivity contribution in [3.05, 3.63) is 0 Å². The molecule has 12 heavy (non-hydrogen) atoms. The normalized spacial score (nSPS) is 18.8. The highest BCUT2D eigenvalue weighted by Gasteiger charge is 2.09. The summed E-state index contributed by atoms with van der Waals surface area (Å²) in [5.41, 5.74) is 0. The molecule has 0 spiro atoms. The van der Waals surface area contributed by atoms with Gasteiger partial charge in [-0.05, 0) is 25.8 Å². The molecule has 1 N–H and O–H groups in total. The van der Waals surface area contributed by atoms with Gasteiger partial charge < -0.3 is 5.32 Å². The van der Waals surface area contributed by atoms with Gasteiger partial charge in [-0.3, -0.25) is 0 Å². The maximum atomic E-state index is 3.30. The van der Waals surface area contributed by atoms with Crippen LogP contribution in [0.3, 0.4) is 0 Å². The molecule has 0 saturated heterocycles. The van der Waals surface area contributed by atoms with E-state index >= 15 is 0 Å². The summed E-state index contributed by atoms with van der Waals surface area (Å²) in [6, 6.07) is 0.837. The molecule has 1 rings (SSSR count). The molecule has 1 aliphatic carbocycles. The van der Waals surface area contributed by atoms with Gasteiger partial charge in [-0.2, -0.15) is 0 Å². The van der Waals surface area contributed by atoms with Gasteiger partial charge in [0.2, 0.25) is 0 Å². The second kappa shape index (κ2) is 7.60. The largest absolute Gasteiger partial charge is 0.317 e. The zero-order valence-electron chi connectivity index (χ0n) is 9.19. The monoisotopic (exact) mass is 171 g/mol. The number of rotatable bonds is 1. The van der Waals surface area contributed by atoms with Gasteiger partial charge in [-0.25, -0.2) is 0 Å². The Balaban J connectivity index is 0.000000261. The first-order chi connectivity index (χ1) is 5.66. The van der Waals surface area contributed by atoms with Crippen LogP contribution in [0.25, 0.3) is 0 Å². The molecule has 0 aromatic rings. The van der Waals surface area contributed by atoms with Crippen LogP contribution in [-0.4, -0.2) is 13.1 Å². The SMILES string of the molecule is CC(C)C.CNC1CCCCC1. The van der Waals surface area contributed by atoms with E-state index in [1.54, 1.807) is 0 Å². The van der Waals surface area contributed by atoms with Gasteiger partial charge in [0.25, 0.3) is 0 Å². The second-order valence-electron chi connectivity index (χ2n) is 4.36. The van der Waals surface area contributed by atoms with Crippen molar-refractivity contribution in [2.24, 2.45) is 5.92 Å². The number of nitrogens with one attached hydrogen (secondary N) is 1. The Morgan fingerprint density at radius 1 is 1.00 bits per heavy atom. The third-order valence-corrected chi connectivity index (χ3v) is 2.01. The molecule has 0 aromatic carbocycles. The van der Waals surface area contributed by atoms with E-state index in [-0.39, 0.29) is 0 Å². The summed E-state index contributed by atoms with van der Waals surface area (Å²) in [5, 5.41) is 3.30. The predicted molar refractivity (Wildman–Crippen MR) is 56.4 cm³/mol. The van der Waals surface area contributed by atoms with Crippen molar-refractivity contribution in [3.8, 4) is 0 Å². The van der Waals surface area contributed by atoms with E-state index < -0.39 is 0 Å². The molecular formula is C11H25N. The van der Waals surface area contributed by atoms with E-state index in [2.05, 4.69) is 33.1 Å². The van der Waals surface area contributed by atoms with Gasteiger partial charge in [0, 0.05) is 6.04 Å². The van der Waals surface area contributed by atoms with Crippen molar-refractivity contribution in [1.29, 1.82) is 0 Å². The lowest BCUT2D eigenvalue weighted by Crippen LogP contribution is -2.26. The minimum absolute atomic E-state index is 0.833. The average Bonchev–Trinajstić information content (AvgIpc) is 2.05. The third-order valence-electron chi connectivity index (χ3n) is 2.01. The molecule has 0 aromatic heterocycles. The highest BCUT2D eigenvalue weighted by atomic mass is 14.9. The molecule has 0 bridgehead atoms. The molecule has 0 aliphatic heterocycles. The summed E-state index contributed by atoms with van der Waals surface area (Å²) in [5.74, 6) is 0.833. The maximum Gasteiger partial charge on any atom is 0.00640 e. The molecule has 0 heterocycles. The Morgan fingerprint density at radius 2 is 1.42 bits per heavy atom. The highest BCUT2D eigenvalue weighted by molar-refractivity contribution is 4.68. The molecule has 0 atom stereocenters. The Bertz CT molecular complexity index is 80.3. The average molecular weight is 171 g/mol. The van der Waals surface area contributed by atoms with Crippen molar-refractivity contribution in [2.75, 3.05) is 7.05 Å². The molecule has 0 unspecified atom stereocenters. The van der Waals surface area contributed by atoms with Crippen molar-refractivity contribution < 1.29 is 0 Å².